The molecule has 0 spiro atoms. The lowest BCUT2D eigenvalue weighted by Gasteiger charge is -2.26. The second-order valence-electron chi connectivity index (χ2n) is 6.17. The van der Waals surface area contributed by atoms with Crippen molar-refractivity contribution < 1.29 is 14.3 Å². The Balaban J connectivity index is 1.63. The van der Waals surface area contributed by atoms with Gasteiger partial charge in [0.15, 0.2) is 5.13 Å². The smallest absolute Gasteiger partial charge is 0.254 e. The van der Waals surface area contributed by atoms with Crippen LogP contribution in [0.2, 0.25) is 0 Å². The molecule has 1 aromatic heterocycles. The van der Waals surface area contributed by atoms with Gasteiger partial charge in [-0.2, -0.15) is 0 Å². The molecular formula is C19H23N3O3S. The van der Waals surface area contributed by atoms with E-state index in [1.807, 2.05) is 34.5 Å². The summed E-state index contributed by atoms with van der Waals surface area (Å²) in [5.74, 6) is 0.0289. The zero-order valence-electron chi connectivity index (χ0n) is 14.9. The van der Waals surface area contributed by atoms with Crippen molar-refractivity contribution in [2.75, 3.05) is 31.6 Å². The Hall–Kier alpha value is -2.25. The Bertz CT molecular complexity index is 752. The number of carbonyl (C=O) groups is 2. The summed E-state index contributed by atoms with van der Waals surface area (Å²) in [6, 6.07) is 7.44. The van der Waals surface area contributed by atoms with Crippen molar-refractivity contribution >= 4 is 28.3 Å². The van der Waals surface area contributed by atoms with Gasteiger partial charge in [-0.3, -0.25) is 9.59 Å². The number of carbonyl (C=O) groups excluding carboxylic acids is 2. The van der Waals surface area contributed by atoms with Crippen LogP contribution in [0, 0.1) is 0 Å². The number of benzene rings is 1. The summed E-state index contributed by atoms with van der Waals surface area (Å²) >= 11 is 1.41. The van der Waals surface area contributed by atoms with Crippen molar-refractivity contribution in [2.45, 2.75) is 26.2 Å². The molecule has 1 aromatic carbocycles. The third-order valence-corrected chi connectivity index (χ3v) is 4.99. The molecule has 6 nitrogen and oxygen atoms in total. The molecule has 1 N–H and O–H groups in total. The van der Waals surface area contributed by atoms with E-state index >= 15 is 0 Å². The van der Waals surface area contributed by atoms with Gasteiger partial charge >= 0.3 is 0 Å². The molecule has 1 fully saturated rings. The first kappa shape index (κ1) is 18.5. The fraction of sp³-hybridized carbons (Fsp3) is 0.421. The zero-order valence-corrected chi connectivity index (χ0v) is 15.7. The molecule has 0 saturated carbocycles. The van der Waals surface area contributed by atoms with Gasteiger partial charge in [0.05, 0.1) is 18.9 Å². The number of rotatable bonds is 6. The summed E-state index contributed by atoms with van der Waals surface area (Å²) in [7, 11) is 0. The number of hydrogen-bond acceptors (Lipinski definition) is 5. The lowest BCUT2D eigenvalue weighted by molar-refractivity contribution is -0.116. The minimum atomic E-state index is -0.000735. The summed E-state index contributed by atoms with van der Waals surface area (Å²) < 4.78 is 5.28. The molecule has 138 valence electrons. The molecule has 0 atom stereocenters. The van der Waals surface area contributed by atoms with Gasteiger partial charge < -0.3 is 15.0 Å². The SMILES string of the molecule is CCCCC(=O)Nc1nc(-c2ccc(C(=O)N3CCOCC3)cc2)cs1. The molecule has 0 bridgehead atoms. The lowest BCUT2D eigenvalue weighted by atomic mass is 10.1. The molecule has 1 aliphatic heterocycles. The average molecular weight is 373 g/mol. The number of nitrogens with one attached hydrogen (secondary N) is 1. The van der Waals surface area contributed by atoms with Crippen molar-refractivity contribution in [3.63, 3.8) is 0 Å². The van der Waals surface area contributed by atoms with E-state index in [1.54, 1.807) is 0 Å². The summed E-state index contributed by atoms with van der Waals surface area (Å²) in [6.45, 7) is 4.51. The minimum Gasteiger partial charge on any atom is -0.378 e. The number of ether oxygens (including phenoxy) is 1. The number of thiazole rings is 1. The maximum absolute atomic E-state index is 12.5. The minimum absolute atomic E-state index is 0.000735. The first-order valence-electron chi connectivity index (χ1n) is 8.90. The zero-order chi connectivity index (χ0) is 18.4. The van der Waals surface area contributed by atoms with Crippen LogP contribution < -0.4 is 5.32 Å². The van der Waals surface area contributed by atoms with Crippen molar-refractivity contribution in [1.29, 1.82) is 0 Å². The molecule has 3 rings (SSSR count). The molecule has 1 aliphatic rings. The standard InChI is InChI=1S/C19H23N3O3S/c1-2-3-4-17(23)21-19-20-16(13-26-19)14-5-7-15(8-6-14)18(24)22-9-11-25-12-10-22/h5-8,13H,2-4,9-12H2,1H3,(H,20,21,23). The molecule has 7 heteroatoms. The van der Waals surface area contributed by atoms with Crippen LogP contribution in [0.1, 0.15) is 36.5 Å². The van der Waals surface area contributed by atoms with Gasteiger partial charge in [0.25, 0.3) is 5.91 Å². The van der Waals surface area contributed by atoms with Crippen molar-refractivity contribution in [1.82, 2.24) is 9.88 Å². The third kappa shape index (κ3) is 4.68. The van der Waals surface area contributed by atoms with Crippen LogP contribution in [-0.4, -0.2) is 48.0 Å². The van der Waals surface area contributed by atoms with Gasteiger partial charge in [-0.1, -0.05) is 25.5 Å². The number of morpholine rings is 1. The molecule has 2 amide bonds. The van der Waals surface area contributed by atoms with Crippen LogP contribution in [0.4, 0.5) is 5.13 Å². The molecule has 1 saturated heterocycles. The van der Waals surface area contributed by atoms with E-state index < -0.39 is 0 Å². The molecule has 2 heterocycles. The van der Waals surface area contributed by atoms with Crippen LogP contribution in [0.3, 0.4) is 0 Å². The molecule has 0 unspecified atom stereocenters. The van der Waals surface area contributed by atoms with E-state index in [0.717, 1.165) is 24.1 Å². The predicted molar refractivity (Wildman–Crippen MR) is 102 cm³/mol. The van der Waals surface area contributed by atoms with Crippen molar-refractivity contribution in [3.8, 4) is 11.3 Å². The highest BCUT2D eigenvalue weighted by Gasteiger charge is 2.18. The van der Waals surface area contributed by atoms with E-state index in [9.17, 15) is 9.59 Å². The second kappa shape index (κ2) is 8.91. The Morgan fingerprint density at radius 1 is 1.23 bits per heavy atom. The van der Waals surface area contributed by atoms with Gasteiger partial charge in [0.2, 0.25) is 5.91 Å². The first-order chi connectivity index (χ1) is 12.7. The predicted octanol–water partition coefficient (Wildman–Crippen LogP) is 3.41. The van der Waals surface area contributed by atoms with E-state index in [2.05, 4.69) is 17.2 Å². The van der Waals surface area contributed by atoms with Crippen LogP contribution in [0.25, 0.3) is 11.3 Å². The van der Waals surface area contributed by atoms with E-state index in [0.29, 0.717) is 43.4 Å². The first-order valence-corrected chi connectivity index (χ1v) is 9.78. The van der Waals surface area contributed by atoms with Crippen molar-refractivity contribution in [2.24, 2.45) is 0 Å². The number of anilines is 1. The van der Waals surface area contributed by atoms with E-state index in [-0.39, 0.29) is 11.8 Å². The molecule has 2 aromatic rings. The molecule has 0 aliphatic carbocycles. The summed E-state index contributed by atoms with van der Waals surface area (Å²) in [5.41, 5.74) is 2.39. The highest BCUT2D eigenvalue weighted by molar-refractivity contribution is 7.14. The van der Waals surface area contributed by atoms with Gasteiger partial charge in [-0.05, 0) is 18.6 Å². The maximum Gasteiger partial charge on any atom is 0.254 e. The largest absolute Gasteiger partial charge is 0.378 e. The van der Waals surface area contributed by atoms with Crippen LogP contribution >= 0.6 is 11.3 Å². The number of unbranched alkanes of at least 4 members (excludes halogenated alkanes) is 1. The highest BCUT2D eigenvalue weighted by Crippen LogP contribution is 2.25. The lowest BCUT2D eigenvalue weighted by Crippen LogP contribution is -2.40. The van der Waals surface area contributed by atoms with Crippen LogP contribution in [0.15, 0.2) is 29.6 Å². The van der Waals surface area contributed by atoms with Crippen molar-refractivity contribution in [3.05, 3.63) is 35.2 Å². The highest BCUT2D eigenvalue weighted by atomic mass is 32.1. The Morgan fingerprint density at radius 3 is 2.65 bits per heavy atom. The number of nitrogens with zero attached hydrogens (tertiary/aromatic N) is 2. The van der Waals surface area contributed by atoms with Gasteiger partial charge in [0.1, 0.15) is 0 Å². The summed E-state index contributed by atoms with van der Waals surface area (Å²) in [5, 5.41) is 5.35. The maximum atomic E-state index is 12.5. The second-order valence-corrected chi connectivity index (χ2v) is 7.03. The molecule has 26 heavy (non-hydrogen) atoms. The fourth-order valence-corrected chi connectivity index (χ4v) is 3.45. The number of aromatic nitrogens is 1. The fourth-order valence-electron chi connectivity index (χ4n) is 2.72. The van der Waals surface area contributed by atoms with E-state index in [1.165, 1.54) is 11.3 Å². The molecular weight excluding hydrogens is 350 g/mol. The Kier molecular flexibility index (Phi) is 6.35. The van der Waals surface area contributed by atoms with Crippen LogP contribution in [0.5, 0.6) is 0 Å². The van der Waals surface area contributed by atoms with Gasteiger partial charge in [0, 0.05) is 36.0 Å². The Labute approximate surface area is 157 Å². The monoisotopic (exact) mass is 373 g/mol. The Morgan fingerprint density at radius 2 is 1.96 bits per heavy atom. The van der Waals surface area contributed by atoms with E-state index in [4.69, 9.17) is 4.74 Å². The molecule has 0 radical (unpaired) electrons. The summed E-state index contributed by atoms with van der Waals surface area (Å²) in [4.78, 5) is 30.5. The average Bonchev–Trinajstić information content (AvgIpc) is 3.15. The van der Waals surface area contributed by atoms with Gasteiger partial charge in [-0.25, -0.2) is 4.98 Å². The normalized spacial score (nSPS) is 14.3. The quantitative estimate of drug-likeness (QED) is 0.842. The number of hydrogen-bond donors (Lipinski definition) is 1. The summed E-state index contributed by atoms with van der Waals surface area (Å²) in [6.07, 6.45) is 2.39. The number of amides is 2. The topological polar surface area (TPSA) is 71.5 Å². The van der Waals surface area contributed by atoms with Gasteiger partial charge in [-0.15, -0.1) is 11.3 Å². The third-order valence-electron chi connectivity index (χ3n) is 4.23. The van der Waals surface area contributed by atoms with Crippen LogP contribution in [-0.2, 0) is 9.53 Å².